The van der Waals surface area contributed by atoms with Crippen LogP contribution in [0.2, 0.25) is 0 Å². The van der Waals surface area contributed by atoms with E-state index in [1.54, 1.807) is 24.3 Å². The molecule has 18 heavy (non-hydrogen) atoms. The highest BCUT2D eigenvalue weighted by molar-refractivity contribution is 7.85. The molecule has 0 aliphatic carbocycles. The largest absolute Gasteiger partial charge is 0.507 e. The average molecular weight is 269 g/mol. The molecule has 0 heterocycles. The van der Waals surface area contributed by atoms with E-state index >= 15 is 0 Å². The molecule has 2 aromatic rings. The minimum Gasteiger partial charge on any atom is -0.507 e. The van der Waals surface area contributed by atoms with Crippen LogP contribution in [0.15, 0.2) is 41.3 Å². The Balaban J connectivity index is 0.000000492. The molecule has 0 fully saturated rings. The van der Waals surface area contributed by atoms with Crippen molar-refractivity contribution in [1.82, 2.24) is 0 Å². The fraction of sp³-hybridized carbons (Fsp3) is 0.167. The lowest BCUT2D eigenvalue weighted by atomic mass is 10.1. The van der Waals surface area contributed by atoms with Crippen LogP contribution in [-0.4, -0.2) is 24.6 Å². The van der Waals surface area contributed by atoms with Crippen LogP contribution in [-0.2, 0) is 10.1 Å². The van der Waals surface area contributed by atoms with Gasteiger partial charge in [-0.3, -0.25) is 4.55 Å². The zero-order chi connectivity index (χ0) is 13.8. The maximum Gasteiger partial charge on any atom is 0.294 e. The van der Waals surface area contributed by atoms with Crippen molar-refractivity contribution in [2.45, 2.75) is 11.8 Å². The Morgan fingerprint density at radius 1 is 1.22 bits per heavy atom. The van der Waals surface area contributed by atoms with Crippen LogP contribution in [0.3, 0.4) is 0 Å². The zero-order valence-corrected chi connectivity index (χ0v) is 10.7. The predicted octanol–water partition coefficient (Wildman–Crippen LogP) is 1.76. The van der Waals surface area contributed by atoms with Gasteiger partial charge >= 0.3 is 0 Å². The van der Waals surface area contributed by atoms with Crippen LogP contribution in [0, 0.1) is 0 Å². The number of fused-ring (bicyclic) bond motifs is 1. The highest BCUT2D eigenvalue weighted by atomic mass is 32.2. The monoisotopic (exact) mass is 269 g/mol. The molecule has 0 unspecified atom stereocenters. The molecule has 98 valence electrons. The molecule has 0 aliphatic heterocycles. The van der Waals surface area contributed by atoms with Crippen molar-refractivity contribution in [3.63, 3.8) is 0 Å². The molecule has 0 amide bonds. The number of hydrogen-bond donors (Lipinski definition) is 3. The van der Waals surface area contributed by atoms with Crippen molar-refractivity contribution in [2.24, 2.45) is 5.73 Å². The first-order valence-electron chi connectivity index (χ1n) is 5.29. The summed E-state index contributed by atoms with van der Waals surface area (Å²) in [6, 6.07) is 9.11. The van der Waals surface area contributed by atoms with Crippen molar-refractivity contribution in [2.75, 3.05) is 6.54 Å². The summed E-state index contributed by atoms with van der Waals surface area (Å²) < 4.78 is 30.6. The predicted molar refractivity (Wildman–Crippen MR) is 70.2 cm³/mol. The maximum atomic E-state index is 10.9. The number of benzene rings is 2. The summed E-state index contributed by atoms with van der Waals surface area (Å²) in [6.45, 7) is 2.65. The molecule has 6 heteroatoms. The molecule has 0 saturated carbocycles. The summed E-state index contributed by atoms with van der Waals surface area (Å²) in [5.74, 6) is -0.166. The number of rotatable bonds is 1. The minimum atomic E-state index is -4.28. The number of phenolic OH excluding ortho intramolecular Hbond substituents is 1. The van der Waals surface area contributed by atoms with Crippen molar-refractivity contribution >= 4 is 20.9 Å². The van der Waals surface area contributed by atoms with Gasteiger partial charge in [0.25, 0.3) is 10.1 Å². The lowest BCUT2D eigenvalue weighted by Crippen LogP contribution is -1.97. The van der Waals surface area contributed by atoms with E-state index in [0.29, 0.717) is 10.8 Å². The number of hydrogen-bond acceptors (Lipinski definition) is 4. The summed E-state index contributed by atoms with van der Waals surface area (Å²) >= 11 is 0. The van der Waals surface area contributed by atoms with Gasteiger partial charge in [0.1, 0.15) is 5.75 Å². The van der Waals surface area contributed by atoms with Crippen LogP contribution >= 0.6 is 0 Å². The van der Waals surface area contributed by atoms with Gasteiger partial charge in [0.05, 0.1) is 4.90 Å². The molecule has 0 radical (unpaired) electrons. The van der Waals surface area contributed by atoms with Gasteiger partial charge in [0, 0.05) is 11.5 Å². The van der Waals surface area contributed by atoms with Crippen LogP contribution < -0.4 is 5.73 Å². The molecule has 0 aromatic heterocycles. The molecule has 2 aromatic carbocycles. The Morgan fingerprint density at radius 2 is 1.78 bits per heavy atom. The van der Waals surface area contributed by atoms with E-state index in [0.717, 1.165) is 12.6 Å². The smallest absolute Gasteiger partial charge is 0.294 e. The summed E-state index contributed by atoms with van der Waals surface area (Å²) in [6.07, 6.45) is 0. The second kappa shape index (κ2) is 5.81. The standard InChI is InChI=1S/C10H8O4S.C2H7N/c11-10-6-8(15(12,13)14)5-7-3-1-2-4-9(7)10;1-2-3/h1-6,11H,(H,12,13,14);2-3H2,1H3. The van der Waals surface area contributed by atoms with E-state index in [2.05, 4.69) is 0 Å². The van der Waals surface area contributed by atoms with Gasteiger partial charge in [-0.05, 0) is 18.0 Å². The Bertz CT molecular complexity index is 638. The Hall–Kier alpha value is -1.63. The van der Waals surface area contributed by atoms with Gasteiger partial charge < -0.3 is 10.8 Å². The Labute approximate surface area is 106 Å². The van der Waals surface area contributed by atoms with Crippen molar-refractivity contribution < 1.29 is 18.1 Å². The first-order chi connectivity index (χ1) is 8.40. The van der Waals surface area contributed by atoms with E-state index < -0.39 is 10.1 Å². The molecule has 0 aliphatic rings. The van der Waals surface area contributed by atoms with Crippen LogP contribution in [0.25, 0.3) is 10.8 Å². The molecular weight excluding hydrogens is 254 g/mol. The van der Waals surface area contributed by atoms with Gasteiger partial charge in [0.15, 0.2) is 0 Å². The highest BCUT2D eigenvalue weighted by Gasteiger charge is 2.12. The van der Waals surface area contributed by atoms with Crippen molar-refractivity contribution in [1.29, 1.82) is 0 Å². The van der Waals surface area contributed by atoms with Gasteiger partial charge in [0.2, 0.25) is 0 Å². The number of aromatic hydroxyl groups is 1. The SMILES string of the molecule is CCN.O=S(=O)(O)c1cc(O)c2ccccc2c1. The van der Waals surface area contributed by atoms with Crippen LogP contribution in [0.1, 0.15) is 6.92 Å². The van der Waals surface area contributed by atoms with Crippen molar-refractivity contribution in [3.05, 3.63) is 36.4 Å². The highest BCUT2D eigenvalue weighted by Crippen LogP contribution is 2.28. The summed E-state index contributed by atoms with van der Waals surface area (Å²) in [5.41, 5.74) is 4.85. The zero-order valence-electron chi connectivity index (χ0n) is 9.87. The fourth-order valence-electron chi connectivity index (χ4n) is 1.41. The third kappa shape index (κ3) is 3.43. The van der Waals surface area contributed by atoms with Gasteiger partial charge in [-0.15, -0.1) is 0 Å². The third-order valence-electron chi connectivity index (χ3n) is 2.11. The molecule has 0 spiro atoms. The van der Waals surface area contributed by atoms with Crippen LogP contribution in [0.5, 0.6) is 5.75 Å². The molecule has 0 bridgehead atoms. The normalized spacial score (nSPS) is 10.8. The molecular formula is C12H15NO4S. The minimum absolute atomic E-state index is 0.166. The topological polar surface area (TPSA) is 101 Å². The van der Waals surface area contributed by atoms with E-state index in [9.17, 15) is 13.5 Å². The summed E-state index contributed by atoms with van der Waals surface area (Å²) in [4.78, 5) is -0.307. The molecule has 0 atom stereocenters. The van der Waals surface area contributed by atoms with Gasteiger partial charge in [-0.2, -0.15) is 8.42 Å². The Morgan fingerprint density at radius 3 is 2.33 bits per heavy atom. The van der Waals surface area contributed by atoms with E-state index in [1.165, 1.54) is 6.07 Å². The first-order valence-corrected chi connectivity index (χ1v) is 6.73. The lowest BCUT2D eigenvalue weighted by Gasteiger charge is -2.03. The van der Waals surface area contributed by atoms with Gasteiger partial charge in [-0.1, -0.05) is 31.2 Å². The van der Waals surface area contributed by atoms with Crippen LogP contribution in [0.4, 0.5) is 0 Å². The average Bonchev–Trinajstić information content (AvgIpc) is 2.29. The molecule has 0 saturated heterocycles. The van der Waals surface area contributed by atoms with Crippen molar-refractivity contribution in [3.8, 4) is 5.75 Å². The molecule has 5 nitrogen and oxygen atoms in total. The number of nitrogens with two attached hydrogens (primary N) is 1. The van der Waals surface area contributed by atoms with E-state index in [-0.39, 0.29) is 10.6 Å². The Kier molecular flexibility index (Phi) is 4.66. The quantitative estimate of drug-likeness (QED) is 0.685. The lowest BCUT2D eigenvalue weighted by molar-refractivity contribution is 0.471. The second-order valence-electron chi connectivity index (χ2n) is 3.55. The first kappa shape index (κ1) is 14.4. The summed E-state index contributed by atoms with van der Waals surface area (Å²) in [5, 5.41) is 10.6. The maximum absolute atomic E-state index is 10.9. The van der Waals surface area contributed by atoms with E-state index in [4.69, 9.17) is 10.3 Å². The number of phenols is 1. The molecule has 4 N–H and O–H groups in total. The van der Waals surface area contributed by atoms with Gasteiger partial charge in [-0.25, -0.2) is 0 Å². The van der Waals surface area contributed by atoms with E-state index in [1.807, 2.05) is 6.92 Å². The summed E-state index contributed by atoms with van der Waals surface area (Å²) in [7, 11) is -4.28. The fourth-order valence-corrected chi connectivity index (χ4v) is 1.95. The second-order valence-corrected chi connectivity index (χ2v) is 4.97. The molecule has 2 rings (SSSR count). The third-order valence-corrected chi connectivity index (χ3v) is 2.94.